The first-order valence-corrected chi connectivity index (χ1v) is 11.3. The van der Waals surface area contributed by atoms with Gasteiger partial charge in [0.1, 0.15) is 6.54 Å². The maximum absolute atomic E-state index is 13.2. The lowest BCUT2D eigenvalue weighted by molar-refractivity contribution is -0.133. The van der Waals surface area contributed by atoms with E-state index in [1.165, 1.54) is 19.4 Å². The number of carbonyl (C=O) groups excluding carboxylic acids is 1. The van der Waals surface area contributed by atoms with Crippen molar-refractivity contribution in [1.29, 1.82) is 0 Å². The number of methoxy groups -OCH3 is 1. The van der Waals surface area contributed by atoms with E-state index < -0.39 is 0 Å². The molecule has 29 heavy (non-hydrogen) atoms. The lowest BCUT2D eigenvalue weighted by Gasteiger charge is -2.36. The van der Waals surface area contributed by atoms with Crippen LogP contribution >= 0.6 is 0 Å². The number of hydrogen-bond donors (Lipinski definition) is 0. The Bertz CT molecular complexity index is 626. The van der Waals surface area contributed by atoms with Crippen LogP contribution in [0.25, 0.3) is 0 Å². The molecule has 0 radical (unpaired) electrons. The molecule has 0 aromatic carbocycles. The Balaban J connectivity index is 1.58. The van der Waals surface area contributed by atoms with Crippen LogP contribution in [0.1, 0.15) is 38.3 Å². The van der Waals surface area contributed by atoms with Crippen LogP contribution in [-0.2, 0) is 16.1 Å². The minimum absolute atomic E-state index is 0.206. The molecule has 7 nitrogen and oxygen atoms in total. The number of likely N-dealkylation sites (tertiary alicyclic amines) is 2. The summed E-state index contributed by atoms with van der Waals surface area (Å²) in [5.74, 6) is 0.798. The third-order valence-electron chi connectivity index (χ3n) is 6.56. The second kappa shape index (κ2) is 11.1. The first-order chi connectivity index (χ1) is 14.1. The second-order valence-corrected chi connectivity index (χ2v) is 8.66. The zero-order chi connectivity index (χ0) is 20.6. The number of rotatable bonds is 10. The molecule has 0 unspecified atom stereocenters. The van der Waals surface area contributed by atoms with Gasteiger partial charge in [-0.05, 0) is 70.8 Å². The highest BCUT2D eigenvalue weighted by molar-refractivity contribution is 5.76. The lowest BCUT2D eigenvalue weighted by atomic mass is 9.95. The topological polar surface area (TPSA) is 53.8 Å². The largest absolute Gasteiger partial charge is 0.383 e. The molecule has 3 rings (SSSR count). The van der Waals surface area contributed by atoms with Gasteiger partial charge in [0, 0.05) is 39.0 Å². The molecule has 3 heterocycles. The number of aryl methyl sites for hydroxylation is 1. The highest BCUT2D eigenvalue weighted by Crippen LogP contribution is 2.22. The van der Waals surface area contributed by atoms with Gasteiger partial charge in [-0.15, -0.1) is 0 Å². The summed E-state index contributed by atoms with van der Waals surface area (Å²) in [7, 11) is 1.76. The zero-order valence-electron chi connectivity index (χ0n) is 18.6. The quantitative estimate of drug-likeness (QED) is 0.595. The van der Waals surface area contributed by atoms with Crippen molar-refractivity contribution in [2.24, 2.45) is 5.92 Å². The molecule has 0 spiro atoms. The van der Waals surface area contributed by atoms with Gasteiger partial charge in [-0.2, -0.15) is 5.10 Å². The SMILES string of the molecule is CCN1CCC[C@H]1CN(CC1CCN(CCOC)CC1)C(=O)Cn1ccc(C)n1. The Morgan fingerprint density at radius 2 is 2.03 bits per heavy atom. The Morgan fingerprint density at radius 1 is 1.24 bits per heavy atom. The Kier molecular flexibility index (Phi) is 8.51. The summed E-state index contributed by atoms with van der Waals surface area (Å²) in [5.41, 5.74) is 0.959. The van der Waals surface area contributed by atoms with Gasteiger partial charge in [0.15, 0.2) is 0 Å². The number of hydrogen-bond acceptors (Lipinski definition) is 5. The molecule has 7 heteroatoms. The average molecular weight is 406 g/mol. The van der Waals surface area contributed by atoms with Crippen molar-refractivity contribution in [2.75, 3.05) is 59.5 Å². The van der Waals surface area contributed by atoms with Gasteiger partial charge in [-0.3, -0.25) is 14.4 Å². The van der Waals surface area contributed by atoms with Crippen LogP contribution in [0.5, 0.6) is 0 Å². The third-order valence-corrected chi connectivity index (χ3v) is 6.56. The van der Waals surface area contributed by atoms with E-state index in [1.807, 2.05) is 19.2 Å². The Hall–Kier alpha value is -1.44. The second-order valence-electron chi connectivity index (χ2n) is 8.66. The van der Waals surface area contributed by atoms with Crippen LogP contribution in [0.4, 0.5) is 0 Å². The number of ether oxygens (including phenoxy) is 1. The van der Waals surface area contributed by atoms with Gasteiger partial charge in [0.25, 0.3) is 0 Å². The van der Waals surface area contributed by atoms with E-state index >= 15 is 0 Å². The Labute approximate surface area is 176 Å². The van der Waals surface area contributed by atoms with Crippen LogP contribution in [0, 0.1) is 12.8 Å². The summed E-state index contributed by atoms with van der Waals surface area (Å²) in [6.07, 6.45) is 6.69. The maximum Gasteiger partial charge on any atom is 0.244 e. The minimum atomic E-state index is 0.206. The molecule has 1 amide bonds. The first-order valence-electron chi connectivity index (χ1n) is 11.3. The van der Waals surface area contributed by atoms with Crippen LogP contribution in [0.2, 0.25) is 0 Å². The molecular formula is C22H39N5O2. The third kappa shape index (κ3) is 6.52. The maximum atomic E-state index is 13.2. The summed E-state index contributed by atoms with van der Waals surface area (Å²) in [4.78, 5) is 20.4. The standard InChI is InChI=1S/C22H39N5O2/c1-4-25-10-5-6-21(25)17-26(22(28)18-27-13-7-19(2)23-27)16-20-8-11-24(12-9-20)14-15-29-3/h7,13,20-21H,4-6,8-12,14-18H2,1-3H3/t21-/m0/s1. The number of aromatic nitrogens is 2. The highest BCUT2D eigenvalue weighted by atomic mass is 16.5. The highest BCUT2D eigenvalue weighted by Gasteiger charge is 2.29. The predicted molar refractivity (Wildman–Crippen MR) is 115 cm³/mol. The molecule has 1 aromatic heterocycles. The smallest absolute Gasteiger partial charge is 0.244 e. The van der Waals surface area contributed by atoms with Gasteiger partial charge < -0.3 is 14.5 Å². The average Bonchev–Trinajstić information content (AvgIpc) is 3.35. The number of carbonyl (C=O) groups is 1. The molecule has 2 saturated heterocycles. The van der Waals surface area contributed by atoms with Crippen molar-refractivity contribution < 1.29 is 9.53 Å². The predicted octanol–water partition coefficient (Wildman–Crippen LogP) is 1.86. The molecule has 0 bridgehead atoms. The summed E-state index contributed by atoms with van der Waals surface area (Å²) in [5, 5.41) is 4.42. The zero-order valence-corrected chi connectivity index (χ0v) is 18.6. The van der Waals surface area contributed by atoms with Crippen molar-refractivity contribution in [1.82, 2.24) is 24.5 Å². The molecule has 164 valence electrons. The van der Waals surface area contributed by atoms with E-state index in [9.17, 15) is 4.79 Å². The fourth-order valence-electron chi connectivity index (χ4n) is 4.77. The number of nitrogens with zero attached hydrogens (tertiary/aromatic N) is 5. The van der Waals surface area contributed by atoms with Crippen LogP contribution in [0.3, 0.4) is 0 Å². The van der Waals surface area contributed by atoms with Gasteiger partial charge >= 0.3 is 0 Å². The molecule has 2 aliphatic rings. The molecule has 1 aromatic rings. The van der Waals surface area contributed by atoms with E-state index in [0.29, 0.717) is 18.5 Å². The van der Waals surface area contributed by atoms with E-state index in [-0.39, 0.29) is 5.91 Å². The van der Waals surface area contributed by atoms with Crippen molar-refractivity contribution in [3.63, 3.8) is 0 Å². The molecule has 2 aliphatic heterocycles. The van der Waals surface area contributed by atoms with E-state index in [1.54, 1.807) is 11.8 Å². The Morgan fingerprint density at radius 3 is 2.69 bits per heavy atom. The first kappa shape index (κ1) is 22.2. The fraction of sp³-hybridized carbons (Fsp3) is 0.818. The van der Waals surface area contributed by atoms with Crippen LogP contribution in [-0.4, -0.2) is 96.0 Å². The molecule has 1 atom stereocenters. The van der Waals surface area contributed by atoms with E-state index in [0.717, 1.165) is 64.4 Å². The van der Waals surface area contributed by atoms with Crippen molar-refractivity contribution in [2.45, 2.75) is 52.1 Å². The van der Waals surface area contributed by atoms with Gasteiger partial charge in [-0.1, -0.05) is 6.92 Å². The van der Waals surface area contributed by atoms with Crippen LogP contribution in [0.15, 0.2) is 12.3 Å². The number of likely N-dealkylation sites (N-methyl/N-ethyl adjacent to an activating group) is 1. The minimum Gasteiger partial charge on any atom is -0.383 e. The van der Waals surface area contributed by atoms with Gasteiger partial charge in [0.05, 0.1) is 12.3 Å². The summed E-state index contributed by atoms with van der Waals surface area (Å²) < 4.78 is 7.00. The molecule has 2 fully saturated rings. The molecular weight excluding hydrogens is 366 g/mol. The van der Waals surface area contributed by atoms with Gasteiger partial charge in [0.2, 0.25) is 5.91 Å². The van der Waals surface area contributed by atoms with E-state index in [4.69, 9.17) is 4.74 Å². The van der Waals surface area contributed by atoms with Crippen molar-refractivity contribution in [3.8, 4) is 0 Å². The molecule has 0 aliphatic carbocycles. The normalized spacial score (nSPS) is 21.7. The number of amides is 1. The van der Waals surface area contributed by atoms with Gasteiger partial charge in [-0.25, -0.2) is 0 Å². The van der Waals surface area contributed by atoms with Crippen molar-refractivity contribution >= 4 is 5.91 Å². The lowest BCUT2D eigenvalue weighted by Crippen LogP contribution is -2.47. The number of piperidine rings is 1. The summed E-state index contributed by atoms with van der Waals surface area (Å²) in [6.45, 7) is 12.5. The van der Waals surface area contributed by atoms with E-state index in [2.05, 4.69) is 26.7 Å². The fourth-order valence-corrected chi connectivity index (χ4v) is 4.77. The summed E-state index contributed by atoms with van der Waals surface area (Å²) in [6, 6.07) is 2.47. The monoisotopic (exact) mass is 405 g/mol. The molecule has 0 saturated carbocycles. The van der Waals surface area contributed by atoms with Crippen molar-refractivity contribution in [3.05, 3.63) is 18.0 Å². The van der Waals surface area contributed by atoms with Crippen LogP contribution < -0.4 is 0 Å². The summed E-state index contributed by atoms with van der Waals surface area (Å²) >= 11 is 0. The molecule has 0 N–H and O–H groups in total.